The normalized spacial score (nSPS) is 13.2. The minimum absolute atomic E-state index is 0.0693. The molecule has 6 heteroatoms. The van der Waals surface area contributed by atoms with E-state index in [-0.39, 0.29) is 19.8 Å². The number of aliphatic hydroxyl groups excluding tert-OH is 2. The lowest BCUT2D eigenvalue weighted by Crippen LogP contribution is -2.35. The Morgan fingerprint density at radius 2 is 1.31 bits per heavy atom. The van der Waals surface area contributed by atoms with Crippen molar-refractivity contribution in [2.75, 3.05) is 27.4 Å². The maximum Gasteiger partial charge on any atom is 0.118 e. The average Bonchev–Trinajstić information content (AvgIpc) is 2.69. The highest BCUT2D eigenvalue weighted by Gasteiger charge is 2.19. The van der Waals surface area contributed by atoms with Crippen LogP contribution in [0.4, 0.5) is 0 Å². The lowest BCUT2D eigenvalue weighted by Gasteiger charge is -2.21. The summed E-state index contributed by atoms with van der Waals surface area (Å²) in [6.45, 7) is 0.422. The summed E-state index contributed by atoms with van der Waals surface area (Å²) in [6, 6.07) is 14.9. The smallest absolute Gasteiger partial charge is 0.118 e. The van der Waals surface area contributed by atoms with Gasteiger partial charge in [0.2, 0.25) is 0 Å². The summed E-state index contributed by atoms with van der Waals surface area (Å²) >= 11 is 0. The molecule has 0 aromatic heterocycles. The number of hydrogen-bond donors (Lipinski definition) is 2. The third-order valence-corrected chi connectivity index (χ3v) is 3.95. The predicted molar refractivity (Wildman–Crippen MR) is 97.3 cm³/mol. The molecule has 0 spiro atoms. The molecule has 0 heterocycles. The molecular formula is C20H26O6. The van der Waals surface area contributed by atoms with E-state index in [1.54, 1.807) is 14.2 Å². The van der Waals surface area contributed by atoms with E-state index >= 15 is 0 Å². The van der Waals surface area contributed by atoms with Crippen LogP contribution in [0.2, 0.25) is 0 Å². The highest BCUT2D eigenvalue weighted by atomic mass is 16.5. The third kappa shape index (κ3) is 6.31. The van der Waals surface area contributed by atoms with Crippen molar-refractivity contribution in [3.63, 3.8) is 0 Å². The van der Waals surface area contributed by atoms with Crippen LogP contribution in [0.3, 0.4) is 0 Å². The standard InChI is InChI=1S/C20H26O6/c1-23-17-7-3-15(4-8-17)12-25-14-19(22)20(11-21)26-13-16-5-9-18(24-2)10-6-16/h3-10,19-22H,11-14H2,1-2H3/t19-,20+/m0/s1. The first-order chi connectivity index (χ1) is 12.7. The van der Waals surface area contributed by atoms with E-state index in [1.165, 1.54) is 0 Å². The molecule has 0 saturated heterocycles. The van der Waals surface area contributed by atoms with Gasteiger partial charge in [-0.2, -0.15) is 0 Å². The van der Waals surface area contributed by atoms with Gasteiger partial charge in [-0.3, -0.25) is 0 Å². The first-order valence-corrected chi connectivity index (χ1v) is 8.40. The Labute approximate surface area is 153 Å². The number of hydrogen-bond acceptors (Lipinski definition) is 6. The maximum absolute atomic E-state index is 10.2. The number of methoxy groups -OCH3 is 2. The van der Waals surface area contributed by atoms with Gasteiger partial charge in [0.05, 0.1) is 40.6 Å². The van der Waals surface area contributed by atoms with Crippen LogP contribution in [0.1, 0.15) is 11.1 Å². The Morgan fingerprint density at radius 1 is 0.808 bits per heavy atom. The van der Waals surface area contributed by atoms with E-state index in [4.69, 9.17) is 18.9 Å². The zero-order chi connectivity index (χ0) is 18.8. The van der Waals surface area contributed by atoms with Gasteiger partial charge in [0.15, 0.2) is 0 Å². The van der Waals surface area contributed by atoms with Crippen molar-refractivity contribution in [1.82, 2.24) is 0 Å². The molecule has 0 aliphatic rings. The molecule has 2 aromatic carbocycles. The summed E-state index contributed by atoms with van der Waals surface area (Å²) in [5.74, 6) is 1.54. The first-order valence-electron chi connectivity index (χ1n) is 8.40. The molecule has 0 fully saturated rings. The Balaban J connectivity index is 1.74. The van der Waals surface area contributed by atoms with Crippen molar-refractivity contribution < 1.29 is 29.2 Å². The summed E-state index contributed by atoms with van der Waals surface area (Å²) in [5, 5.41) is 19.6. The van der Waals surface area contributed by atoms with Crippen LogP contribution in [-0.4, -0.2) is 49.9 Å². The largest absolute Gasteiger partial charge is 0.497 e. The van der Waals surface area contributed by atoms with Crippen LogP contribution < -0.4 is 9.47 Å². The van der Waals surface area contributed by atoms with Crippen molar-refractivity contribution in [2.45, 2.75) is 25.4 Å². The first kappa shape index (κ1) is 20.2. The van der Waals surface area contributed by atoms with Crippen LogP contribution in [0.5, 0.6) is 11.5 Å². The highest BCUT2D eigenvalue weighted by molar-refractivity contribution is 5.27. The van der Waals surface area contributed by atoms with Gasteiger partial charge in [0.1, 0.15) is 23.7 Å². The zero-order valence-electron chi connectivity index (χ0n) is 15.1. The van der Waals surface area contributed by atoms with Crippen molar-refractivity contribution in [3.05, 3.63) is 59.7 Å². The fourth-order valence-corrected chi connectivity index (χ4v) is 2.34. The van der Waals surface area contributed by atoms with Gasteiger partial charge in [-0.05, 0) is 35.4 Å². The van der Waals surface area contributed by atoms with Gasteiger partial charge in [0.25, 0.3) is 0 Å². The zero-order valence-corrected chi connectivity index (χ0v) is 15.1. The lowest BCUT2D eigenvalue weighted by atomic mass is 10.2. The molecule has 0 unspecified atom stereocenters. The Hall–Kier alpha value is -2.12. The van der Waals surface area contributed by atoms with Crippen LogP contribution in [0.25, 0.3) is 0 Å². The number of rotatable bonds is 11. The molecule has 0 aliphatic carbocycles. The molecule has 26 heavy (non-hydrogen) atoms. The van der Waals surface area contributed by atoms with Gasteiger partial charge in [0, 0.05) is 0 Å². The molecule has 2 N–H and O–H groups in total. The fourth-order valence-electron chi connectivity index (χ4n) is 2.34. The third-order valence-electron chi connectivity index (χ3n) is 3.95. The second kappa shape index (κ2) is 10.8. The highest BCUT2D eigenvalue weighted by Crippen LogP contribution is 2.14. The summed E-state index contributed by atoms with van der Waals surface area (Å²) in [5.41, 5.74) is 1.90. The average molecular weight is 362 g/mol. The van der Waals surface area contributed by atoms with Crippen LogP contribution >= 0.6 is 0 Å². The van der Waals surface area contributed by atoms with Gasteiger partial charge in [-0.25, -0.2) is 0 Å². The maximum atomic E-state index is 10.2. The second-order valence-electron chi connectivity index (χ2n) is 5.81. The van der Waals surface area contributed by atoms with Crippen LogP contribution in [-0.2, 0) is 22.7 Å². The molecule has 0 amide bonds. The van der Waals surface area contributed by atoms with Gasteiger partial charge >= 0.3 is 0 Å². The summed E-state index contributed by atoms with van der Waals surface area (Å²) < 4.78 is 21.3. The van der Waals surface area contributed by atoms with E-state index < -0.39 is 12.2 Å². The van der Waals surface area contributed by atoms with E-state index in [1.807, 2.05) is 48.5 Å². The second-order valence-corrected chi connectivity index (χ2v) is 5.81. The molecule has 6 nitrogen and oxygen atoms in total. The monoisotopic (exact) mass is 362 g/mol. The number of benzene rings is 2. The molecule has 0 saturated carbocycles. The van der Waals surface area contributed by atoms with Crippen LogP contribution in [0.15, 0.2) is 48.5 Å². The Bertz CT molecular complexity index is 626. The number of ether oxygens (including phenoxy) is 4. The predicted octanol–water partition coefficient (Wildman–Crippen LogP) is 2.16. The molecule has 2 aromatic rings. The molecular weight excluding hydrogens is 336 g/mol. The van der Waals surface area contributed by atoms with Gasteiger partial charge in [-0.15, -0.1) is 0 Å². The van der Waals surface area contributed by atoms with Crippen LogP contribution in [0, 0.1) is 0 Å². The quantitative estimate of drug-likeness (QED) is 0.638. The van der Waals surface area contributed by atoms with Crippen molar-refractivity contribution in [1.29, 1.82) is 0 Å². The molecule has 0 bridgehead atoms. The topological polar surface area (TPSA) is 77.4 Å². The Morgan fingerprint density at radius 3 is 1.77 bits per heavy atom. The van der Waals surface area contributed by atoms with E-state index in [0.29, 0.717) is 6.61 Å². The fraction of sp³-hybridized carbons (Fsp3) is 0.400. The van der Waals surface area contributed by atoms with Crippen molar-refractivity contribution in [2.24, 2.45) is 0 Å². The SMILES string of the molecule is COc1ccc(COC[C@H](O)[C@@H](CO)OCc2ccc(OC)cc2)cc1. The van der Waals surface area contributed by atoms with E-state index in [9.17, 15) is 10.2 Å². The van der Waals surface area contributed by atoms with Gasteiger partial charge < -0.3 is 29.2 Å². The molecule has 2 atom stereocenters. The van der Waals surface area contributed by atoms with Crippen molar-refractivity contribution >= 4 is 0 Å². The molecule has 0 aliphatic heterocycles. The lowest BCUT2D eigenvalue weighted by molar-refractivity contribution is -0.0984. The summed E-state index contributed by atoms with van der Waals surface area (Å²) in [4.78, 5) is 0. The van der Waals surface area contributed by atoms with E-state index in [0.717, 1.165) is 22.6 Å². The summed E-state index contributed by atoms with van der Waals surface area (Å²) in [7, 11) is 3.22. The molecule has 0 radical (unpaired) electrons. The minimum Gasteiger partial charge on any atom is -0.497 e. The van der Waals surface area contributed by atoms with Crippen molar-refractivity contribution in [3.8, 4) is 11.5 Å². The number of aliphatic hydroxyl groups is 2. The van der Waals surface area contributed by atoms with E-state index in [2.05, 4.69) is 0 Å². The molecule has 2 rings (SSSR count). The minimum atomic E-state index is -0.920. The Kier molecular flexibility index (Phi) is 8.37. The van der Waals surface area contributed by atoms with Gasteiger partial charge in [-0.1, -0.05) is 24.3 Å². The molecule has 142 valence electrons. The summed E-state index contributed by atoms with van der Waals surface area (Å²) in [6.07, 6.45) is -1.63.